The van der Waals surface area contributed by atoms with E-state index in [1.54, 1.807) is 24.3 Å². The minimum atomic E-state index is -0.451. The van der Waals surface area contributed by atoms with Crippen molar-refractivity contribution in [3.05, 3.63) is 40.9 Å². The van der Waals surface area contributed by atoms with Gasteiger partial charge in [-0.25, -0.2) is 0 Å². The highest BCUT2D eigenvalue weighted by molar-refractivity contribution is 6.30. The first-order chi connectivity index (χ1) is 6.72. The van der Waals surface area contributed by atoms with Gasteiger partial charge in [-0.1, -0.05) is 23.7 Å². The predicted octanol–water partition coefficient (Wildman–Crippen LogP) is 1.95. The van der Waals surface area contributed by atoms with Crippen LogP contribution in [-0.2, 0) is 4.79 Å². The van der Waals surface area contributed by atoms with Gasteiger partial charge in [-0.2, -0.15) is 5.26 Å². The quantitative estimate of drug-likeness (QED) is 0.457. The van der Waals surface area contributed by atoms with Crippen LogP contribution in [0.2, 0.25) is 5.02 Å². The Morgan fingerprint density at radius 1 is 1.57 bits per heavy atom. The summed E-state index contributed by atoms with van der Waals surface area (Å²) < 4.78 is 0. The number of hydrogen-bond donors (Lipinski definition) is 1. The zero-order valence-corrected chi connectivity index (χ0v) is 7.95. The summed E-state index contributed by atoms with van der Waals surface area (Å²) in [5.74, 6) is -0.451. The van der Waals surface area contributed by atoms with E-state index in [4.69, 9.17) is 16.9 Å². The molecular weight excluding hydrogens is 200 g/mol. The van der Waals surface area contributed by atoms with Crippen LogP contribution in [0.1, 0.15) is 5.56 Å². The highest BCUT2D eigenvalue weighted by Crippen LogP contribution is 2.11. The number of nitrogens with one attached hydrogen (secondary N) is 1. The monoisotopic (exact) mass is 206 g/mol. The number of benzene rings is 1. The number of hydrogen-bond acceptors (Lipinski definition) is 2. The number of nitriles is 1. The molecular formula is C10H7ClN2O. The molecule has 0 aliphatic heterocycles. The van der Waals surface area contributed by atoms with Crippen molar-refractivity contribution in [2.24, 2.45) is 0 Å². The first-order valence-corrected chi connectivity index (χ1v) is 4.23. The van der Waals surface area contributed by atoms with E-state index in [1.165, 1.54) is 12.3 Å². The lowest BCUT2D eigenvalue weighted by Gasteiger charge is -1.93. The Morgan fingerprint density at radius 3 is 3.00 bits per heavy atom. The SMILES string of the molecule is N#CNC(=O)C=Cc1cccc(Cl)c1. The molecule has 3 nitrogen and oxygen atoms in total. The van der Waals surface area contributed by atoms with Gasteiger partial charge in [-0.05, 0) is 23.8 Å². The third-order valence-electron chi connectivity index (χ3n) is 1.45. The Morgan fingerprint density at radius 2 is 2.36 bits per heavy atom. The molecule has 0 aliphatic carbocycles. The molecule has 4 heteroatoms. The van der Waals surface area contributed by atoms with Gasteiger partial charge in [-0.3, -0.25) is 10.1 Å². The molecule has 0 fully saturated rings. The second kappa shape index (κ2) is 5.05. The lowest BCUT2D eigenvalue weighted by molar-refractivity contribution is -0.115. The first kappa shape index (κ1) is 10.3. The Balaban J connectivity index is 2.70. The largest absolute Gasteiger partial charge is 0.269 e. The van der Waals surface area contributed by atoms with Crippen molar-refractivity contribution in [2.45, 2.75) is 0 Å². The third kappa shape index (κ3) is 3.30. The summed E-state index contributed by atoms with van der Waals surface area (Å²) in [6, 6.07) is 7.05. The summed E-state index contributed by atoms with van der Waals surface area (Å²) >= 11 is 5.73. The van der Waals surface area contributed by atoms with Crippen LogP contribution in [-0.4, -0.2) is 5.91 Å². The molecule has 0 bridgehead atoms. The Labute approximate surface area is 86.6 Å². The van der Waals surface area contributed by atoms with Crippen molar-refractivity contribution in [1.29, 1.82) is 5.26 Å². The molecule has 0 radical (unpaired) electrons. The Bertz CT molecular complexity index is 407. The highest BCUT2D eigenvalue weighted by Gasteiger charge is 1.92. The first-order valence-electron chi connectivity index (χ1n) is 3.85. The molecule has 0 unspecified atom stereocenters. The molecule has 14 heavy (non-hydrogen) atoms. The fourth-order valence-electron chi connectivity index (χ4n) is 0.879. The van der Waals surface area contributed by atoms with Gasteiger partial charge in [0.05, 0.1) is 0 Å². The van der Waals surface area contributed by atoms with Crippen LogP contribution in [0.5, 0.6) is 0 Å². The van der Waals surface area contributed by atoms with Crippen molar-refractivity contribution in [2.75, 3.05) is 0 Å². The second-order valence-corrected chi connectivity index (χ2v) is 2.93. The summed E-state index contributed by atoms with van der Waals surface area (Å²) in [5, 5.41) is 10.7. The molecule has 1 N–H and O–H groups in total. The van der Waals surface area contributed by atoms with Crippen molar-refractivity contribution in [3.63, 3.8) is 0 Å². The van der Waals surface area contributed by atoms with E-state index in [-0.39, 0.29) is 0 Å². The second-order valence-electron chi connectivity index (χ2n) is 2.49. The lowest BCUT2D eigenvalue weighted by Crippen LogP contribution is -2.13. The summed E-state index contributed by atoms with van der Waals surface area (Å²) in [4.78, 5) is 10.8. The molecule has 0 saturated carbocycles. The molecule has 1 rings (SSSR count). The molecule has 0 aromatic heterocycles. The van der Waals surface area contributed by atoms with E-state index in [2.05, 4.69) is 0 Å². The van der Waals surface area contributed by atoms with Gasteiger partial charge >= 0.3 is 0 Å². The summed E-state index contributed by atoms with van der Waals surface area (Å²) in [6.07, 6.45) is 4.39. The van der Waals surface area contributed by atoms with Crippen molar-refractivity contribution in [3.8, 4) is 6.19 Å². The topological polar surface area (TPSA) is 52.9 Å². The smallest absolute Gasteiger partial charge is 0.256 e. The maximum absolute atomic E-state index is 10.8. The van der Waals surface area contributed by atoms with Crippen LogP contribution in [0.3, 0.4) is 0 Å². The van der Waals surface area contributed by atoms with Crippen molar-refractivity contribution >= 4 is 23.6 Å². The molecule has 1 aromatic rings. The number of halogens is 1. The van der Waals surface area contributed by atoms with Gasteiger partial charge < -0.3 is 0 Å². The van der Waals surface area contributed by atoms with E-state index in [0.29, 0.717) is 5.02 Å². The van der Waals surface area contributed by atoms with E-state index in [0.717, 1.165) is 5.56 Å². The minimum Gasteiger partial charge on any atom is -0.269 e. The number of rotatable bonds is 2. The Kier molecular flexibility index (Phi) is 3.71. The van der Waals surface area contributed by atoms with Gasteiger partial charge in [0, 0.05) is 11.1 Å². The third-order valence-corrected chi connectivity index (χ3v) is 1.69. The molecule has 0 aliphatic rings. The fraction of sp³-hybridized carbons (Fsp3) is 0. The van der Waals surface area contributed by atoms with Crippen LogP contribution in [0, 0.1) is 11.5 Å². The van der Waals surface area contributed by atoms with Crippen LogP contribution in [0.15, 0.2) is 30.3 Å². The standard InChI is InChI=1S/C10H7ClN2O/c11-9-3-1-2-8(6-9)4-5-10(14)13-7-12/h1-6H,(H,13,14). The maximum atomic E-state index is 10.8. The van der Waals surface area contributed by atoms with Crippen LogP contribution < -0.4 is 5.32 Å². The van der Waals surface area contributed by atoms with E-state index in [1.807, 2.05) is 11.4 Å². The summed E-state index contributed by atoms with van der Waals surface area (Å²) in [7, 11) is 0. The molecule has 70 valence electrons. The summed E-state index contributed by atoms with van der Waals surface area (Å²) in [6.45, 7) is 0. The molecule has 0 saturated heterocycles. The number of carbonyl (C=O) groups excluding carboxylic acids is 1. The van der Waals surface area contributed by atoms with Gasteiger partial charge in [0.2, 0.25) is 0 Å². The van der Waals surface area contributed by atoms with Crippen molar-refractivity contribution in [1.82, 2.24) is 5.32 Å². The Hall–Kier alpha value is -1.79. The zero-order valence-electron chi connectivity index (χ0n) is 7.20. The predicted molar refractivity (Wildman–Crippen MR) is 54.2 cm³/mol. The molecule has 0 spiro atoms. The average Bonchev–Trinajstić information content (AvgIpc) is 2.15. The lowest BCUT2D eigenvalue weighted by atomic mass is 10.2. The van der Waals surface area contributed by atoms with Crippen molar-refractivity contribution < 1.29 is 4.79 Å². The number of amides is 1. The van der Waals surface area contributed by atoms with Crippen LogP contribution in [0.25, 0.3) is 6.08 Å². The van der Waals surface area contributed by atoms with E-state index < -0.39 is 5.91 Å². The number of carbonyl (C=O) groups is 1. The molecule has 0 heterocycles. The number of nitrogens with zero attached hydrogens (tertiary/aromatic N) is 1. The van der Waals surface area contributed by atoms with Gasteiger partial charge in [-0.15, -0.1) is 0 Å². The highest BCUT2D eigenvalue weighted by atomic mass is 35.5. The van der Waals surface area contributed by atoms with Gasteiger partial charge in [0.15, 0.2) is 6.19 Å². The zero-order chi connectivity index (χ0) is 10.4. The summed E-state index contributed by atoms with van der Waals surface area (Å²) in [5.41, 5.74) is 0.811. The fourth-order valence-corrected chi connectivity index (χ4v) is 1.08. The van der Waals surface area contributed by atoms with Crippen LogP contribution in [0.4, 0.5) is 0 Å². The van der Waals surface area contributed by atoms with Crippen LogP contribution >= 0.6 is 11.6 Å². The minimum absolute atomic E-state index is 0.451. The normalized spacial score (nSPS) is 9.71. The van der Waals surface area contributed by atoms with Gasteiger partial charge in [0.1, 0.15) is 0 Å². The van der Waals surface area contributed by atoms with E-state index >= 15 is 0 Å². The average molecular weight is 207 g/mol. The molecule has 1 amide bonds. The van der Waals surface area contributed by atoms with Gasteiger partial charge in [0.25, 0.3) is 5.91 Å². The maximum Gasteiger partial charge on any atom is 0.256 e. The molecule has 0 atom stereocenters. The van der Waals surface area contributed by atoms with E-state index in [9.17, 15) is 4.79 Å². The molecule has 1 aromatic carbocycles.